The first-order chi connectivity index (χ1) is 6.18. The minimum Gasteiger partial charge on any atom is -0.478 e. The highest BCUT2D eigenvalue weighted by molar-refractivity contribution is 6.30. The van der Waals surface area contributed by atoms with Crippen molar-refractivity contribution >= 4 is 23.6 Å². The van der Waals surface area contributed by atoms with Gasteiger partial charge in [0.2, 0.25) is 0 Å². The van der Waals surface area contributed by atoms with Gasteiger partial charge in [0.25, 0.3) is 0 Å². The van der Waals surface area contributed by atoms with Gasteiger partial charge in [-0.2, -0.15) is 0 Å². The maximum Gasteiger partial charge on any atom is 0.336 e. The van der Waals surface area contributed by atoms with Crippen LogP contribution in [0.2, 0.25) is 5.02 Å². The lowest BCUT2D eigenvalue weighted by Crippen LogP contribution is -1.83. The Labute approximate surface area is 80.8 Å². The maximum atomic E-state index is 10.1. The summed E-state index contributed by atoms with van der Waals surface area (Å²) >= 11 is 5.66. The second-order valence-electron chi connectivity index (χ2n) is 2.35. The number of rotatable bonds is 2. The fourth-order valence-electron chi connectivity index (χ4n) is 0.768. The monoisotopic (exact) mass is 194 g/mol. The van der Waals surface area contributed by atoms with Crippen molar-refractivity contribution in [2.45, 2.75) is 0 Å². The number of carbonyl (C=O) groups is 1. The quantitative estimate of drug-likeness (QED) is 0.581. The summed E-state index contributed by atoms with van der Waals surface area (Å²) in [5.74, 6) is -1.01. The zero-order valence-corrected chi connectivity index (χ0v) is 7.45. The Bertz CT molecular complexity index is 359. The zero-order valence-electron chi connectivity index (χ0n) is 6.70. The topological polar surface area (TPSA) is 37.3 Å². The third-order valence-electron chi connectivity index (χ3n) is 1.33. The van der Waals surface area contributed by atoms with Gasteiger partial charge in [-0.25, -0.2) is 4.79 Å². The molecule has 0 aliphatic carbocycles. The Hall–Kier alpha value is -1.50. The molecule has 1 rings (SSSR count). The lowest BCUT2D eigenvalue weighted by molar-refractivity contribution is -0.131. The molecule has 66 valence electrons. The van der Waals surface area contributed by atoms with E-state index in [1.165, 1.54) is 0 Å². The molecule has 0 saturated carbocycles. The van der Waals surface area contributed by atoms with Gasteiger partial charge in [0.1, 0.15) is 0 Å². The van der Waals surface area contributed by atoms with Crippen molar-refractivity contribution in [1.29, 1.82) is 0 Å². The summed E-state index contributed by atoms with van der Waals surface area (Å²) in [5, 5.41) is 8.93. The molecule has 0 aromatic heterocycles. The molecule has 1 N–H and O–H groups in total. The summed E-state index contributed by atoms with van der Waals surface area (Å²) in [5.41, 5.74) is 3.39. The van der Waals surface area contributed by atoms with Crippen LogP contribution < -0.4 is 0 Å². The predicted molar refractivity (Wildman–Crippen MR) is 51.6 cm³/mol. The van der Waals surface area contributed by atoms with Gasteiger partial charge >= 0.3 is 5.97 Å². The minimum absolute atomic E-state index is 0.652. The number of hydrogen-bond acceptors (Lipinski definition) is 1. The van der Waals surface area contributed by atoms with E-state index >= 15 is 0 Å². The molecule has 0 fully saturated rings. The fourth-order valence-corrected chi connectivity index (χ4v) is 0.894. The Morgan fingerprint density at radius 2 is 2.00 bits per heavy atom. The van der Waals surface area contributed by atoms with Crippen LogP contribution in [-0.2, 0) is 4.79 Å². The van der Waals surface area contributed by atoms with Gasteiger partial charge in [-0.3, -0.25) is 0 Å². The maximum absolute atomic E-state index is 10.1. The second kappa shape index (κ2) is 4.51. The summed E-state index contributed by atoms with van der Waals surface area (Å²) in [6.45, 7) is 0. The summed E-state index contributed by atoms with van der Waals surface area (Å²) in [7, 11) is 0. The minimum atomic E-state index is -1.01. The van der Waals surface area contributed by atoms with E-state index in [0.29, 0.717) is 5.02 Å². The lowest BCUT2D eigenvalue weighted by atomic mass is 10.2. The third-order valence-corrected chi connectivity index (χ3v) is 1.58. The summed E-state index contributed by atoms with van der Waals surface area (Å²) in [6, 6.07) is 7.03. The van der Waals surface area contributed by atoms with Crippen LogP contribution >= 0.6 is 11.6 Å². The molecule has 0 spiro atoms. The molecule has 0 atom stereocenters. The predicted octanol–water partition coefficient (Wildman–Crippen LogP) is 2.59. The molecule has 0 bridgehead atoms. The van der Waals surface area contributed by atoms with Crippen LogP contribution in [0.4, 0.5) is 0 Å². The highest BCUT2D eigenvalue weighted by Crippen LogP contribution is 2.09. The highest BCUT2D eigenvalue weighted by atomic mass is 35.5. The molecular weight excluding hydrogens is 188 g/mol. The molecule has 13 heavy (non-hydrogen) atoms. The summed E-state index contributed by atoms with van der Waals surface area (Å²) in [6.07, 6.45) is 2.53. The van der Waals surface area contributed by atoms with Gasteiger partial charge in [-0.1, -0.05) is 23.7 Å². The second-order valence-corrected chi connectivity index (χ2v) is 2.78. The largest absolute Gasteiger partial charge is 0.478 e. The van der Waals surface area contributed by atoms with Crippen LogP contribution in [0.25, 0.3) is 6.08 Å². The molecule has 3 heteroatoms. The molecule has 0 heterocycles. The van der Waals surface area contributed by atoms with Gasteiger partial charge in [0.15, 0.2) is 0 Å². The van der Waals surface area contributed by atoms with Crippen LogP contribution in [-0.4, -0.2) is 11.1 Å². The average molecular weight is 195 g/mol. The van der Waals surface area contributed by atoms with Crippen molar-refractivity contribution < 1.29 is 9.90 Å². The lowest BCUT2D eigenvalue weighted by Gasteiger charge is -1.90. The molecule has 1 aromatic carbocycles. The first kappa shape index (κ1) is 9.59. The molecule has 2 nitrogen and oxygen atoms in total. The van der Waals surface area contributed by atoms with Crippen LogP contribution in [0, 0.1) is 0 Å². The van der Waals surface area contributed by atoms with Crippen molar-refractivity contribution in [2.24, 2.45) is 0 Å². The molecule has 1 aromatic rings. The Morgan fingerprint density at radius 1 is 1.38 bits per heavy atom. The highest BCUT2D eigenvalue weighted by Gasteiger charge is 1.86. The molecule has 0 unspecified atom stereocenters. The third kappa shape index (κ3) is 3.61. The Morgan fingerprint density at radius 3 is 2.54 bits per heavy atom. The molecular formula is C10H7ClO2. The average Bonchev–Trinajstić information content (AvgIpc) is 2.08. The standard InChI is InChI=1S/C10H7ClO2/c11-9-6-4-8(5-7-9)2-1-3-10(12)13/h2-7H,(H,12,13). The van der Waals surface area contributed by atoms with E-state index in [-0.39, 0.29) is 0 Å². The van der Waals surface area contributed by atoms with E-state index in [1.54, 1.807) is 30.3 Å². The number of halogens is 1. The van der Waals surface area contributed by atoms with E-state index < -0.39 is 5.97 Å². The summed E-state index contributed by atoms with van der Waals surface area (Å²) in [4.78, 5) is 10.1. The fraction of sp³-hybridized carbons (Fsp3) is 0. The smallest absolute Gasteiger partial charge is 0.336 e. The molecule has 0 radical (unpaired) electrons. The number of carboxylic acids is 1. The van der Waals surface area contributed by atoms with Crippen molar-refractivity contribution in [3.8, 4) is 0 Å². The van der Waals surface area contributed by atoms with Gasteiger partial charge in [0.05, 0.1) is 6.08 Å². The number of carboxylic acid groups (broad SMARTS) is 1. The van der Waals surface area contributed by atoms with E-state index in [2.05, 4.69) is 5.73 Å². The van der Waals surface area contributed by atoms with Crippen LogP contribution in [0.1, 0.15) is 5.56 Å². The first-order valence-corrected chi connectivity index (χ1v) is 3.97. The number of benzene rings is 1. The van der Waals surface area contributed by atoms with Gasteiger partial charge in [0, 0.05) is 5.02 Å². The number of hydrogen-bond donors (Lipinski definition) is 1. The van der Waals surface area contributed by atoms with E-state index in [1.807, 2.05) is 0 Å². The Balaban J connectivity index is 2.81. The SMILES string of the molecule is O=C(O)C=C=Cc1ccc(Cl)cc1. The van der Waals surface area contributed by atoms with Gasteiger partial charge in [-0.15, -0.1) is 5.73 Å². The Kier molecular flexibility index (Phi) is 3.32. The molecule has 0 amide bonds. The van der Waals surface area contributed by atoms with Crippen molar-refractivity contribution in [1.82, 2.24) is 0 Å². The van der Waals surface area contributed by atoms with E-state index in [0.717, 1.165) is 11.6 Å². The van der Waals surface area contributed by atoms with Gasteiger partial charge in [-0.05, 0) is 23.8 Å². The van der Waals surface area contributed by atoms with Crippen LogP contribution in [0.5, 0.6) is 0 Å². The van der Waals surface area contributed by atoms with Crippen molar-refractivity contribution in [3.63, 3.8) is 0 Å². The zero-order chi connectivity index (χ0) is 9.68. The molecule has 0 saturated heterocycles. The van der Waals surface area contributed by atoms with Gasteiger partial charge < -0.3 is 5.11 Å². The number of aliphatic carboxylic acids is 1. The normalized spacial score (nSPS) is 8.69. The molecule has 0 aliphatic rings. The van der Waals surface area contributed by atoms with Crippen LogP contribution in [0.15, 0.2) is 36.1 Å². The summed E-state index contributed by atoms with van der Waals surface area (Å²) < 4.78 is 0. The van der Waals surface area contributed by atoms with Crippen molar-refractivity contribution in [2.75, 3.05) is 0 Å². The van der Waals surface area contributed by atoms with E-state index in [9.17, 15) is 4.79 Å². The van der Waals surface area contributed by atoms with E-state index in [4.69, 9.17) is 16.7 Å². The van der Waals surface area contributed by atoms with Crippen LogP contribution in [0.3, 0.4) is 0 Å². The first-order valence-electron chi connectivity index (χ1n) is 3.59. The molecule has 0 aliphatic heterocycles. The van der Waals surface area contributed by atoms with Crippen molar-refractivity contribution in [3.05, 3.63) is 46.7 Å².